The topological polar surface area (TPSA) is 75.4 Å². The Bertz CT molecular complexity index is 971. The highest BCUT2D eigenvalue weighted by Gasteiger charge is 2.23. The molecule has 3 rings (SSSR count). The van der Waals surface area contributed by atoms with E-state index in [4.69, 9.17) is 4.42 Å². The van der Waals surface area contributed by atoms with Crippen LogP contribution in [0.4, 0.5) is 5.13 Å². The number of hydrogen-bond donors (Lipinski definition) is 1. The lowest BCUT2D eigenvalue weighted by Gasteiger charge is -2.30. The lowest BCUT2D eigenvalue weighted by atomic mass is 10.1. The van der Waals surface area contributed by atoms with Crippen molar-refractivity contribution in [2.75, 3.05) is 11.9 Å². The van der Waals surface area contributed by atoms with E-state index in [1.54, 1.807) is 17.5 Å². The van der Waals surface area contributed by atoms with Crippen LogP contribution in [-0.2, 0) is 11.2 Å². The molecule has 2 aromatic heterocycles. The summed E-state index contributed by atoms with van der Waals surface area (Å²) in [6.07, 6.45) is 2.49. The molecule has 6 nitrogen and oxygen atoms in total. The van der Waals surface area contributed by atoms with E-state index in [1.807, 2.05) is 36.1 Å². The first kappa shape index (κ1) is 21.3. The largest absolute Gasteiger partial charge is 0.459 e. The number of rotatable bonds is 8. The van der Waals surface area contributed by atoms with Crippen LogP contribution in [0.25, 0.3) is 0 Å². The summed E-state index contributed by atoms with van der Waals surface area (Å²) >= 11 is 4.86. The van der Waals surface area contributed by atoms with Crippen molar-refractivity contribution in [3.05, 3.63) is 69.5 Å². The van der Waals surface area contributed by atoms with Gasteiger partial charge in [-0.25, -0.2) is 4.98 Å². The number of aromatic nitrogens is 1. The van der Waals surface area contributed by atoms with E-state index < -0.39 is 0 Å². The van der Waals surface area contributed by atoms with Gasteiger partial charge in [0, 0.05) is 16.4 Å². The molecule has 1 unspecified atom stereocenters. The lowest BCUT2D eigenvalue weighted by Crippen LogP contribution is -2.35. The van der Waals surface area contributed by atoms with Gasteiger partial charge in [0.2, 0.25) is 5.91 Å². The zero-order chi connectivity index (χ0) is 20.8. The zero-order valence-corrected chi connectivity index (χ0v) is 18.6. The number of anilines is 1. The molecule has 0 saturated heterocycles. The number of nitrogens with one attached hydrogen (secondary N) is 1. The Morgan fingerprint density at radius 2 is 2.07 bits per heavy atom. The minimum absolute atomic E-state index is 0.00399. The summed E-state index contributed by atoms with van der Waals surface area (Å²) < 4.78 is 6.06. The third-order valence-corrected chi connectivity index (χ3v) is 5.99. The van der Waals surface area contributed by atoms with Gasteiger partial charge < -0.3 is 9.32 Å². The molecule has 152 valence electrons. The van der Waals surface area contributed by atoms with Crippen molar-refractivity contribution in [3.63, 3.8) is 0 Å². The van der Waals surface area contributed by atoms with Crippen LogP contribution in [0.2, 0.25) is 0 Å². The Morgan fingerprint density at radius 1 is 1.28 bits per heavy atom. The number of benzene rings is 1. The number of amides is 2. The molecule has 2 amide bonds. The fourth-order valence-corrected chi connectivity index (χ4v) is 4.35. The molecule has 0 aliphatic heterocycles. The van der Waals surface area contributed by atoms with Gasteiger partial charge in [-0.2, -0.15) is 0 Å². The molecule has 1 atom stereocenters. The van der Waals surface area contributed by atoms with Crippen LogP contribution in [0.1, 0.15) is 48.1 Å². The second-order valence-corrected chi connectivity index (χ2v) is 8.25. The van der Waals surface area contributed by atoms with E-state index in [0.29, 0.717) is 17.4 Å². The van der Waals surface area contributed by atoms with Crippen molar-refractivity contribution in [2.45, 2.75) is 32.7 Å². The van der Waals surface area contributed by atoms with Crippen LogP contribution >= 0.6 is 27.3 Å². The molecule has 0 spiro atoms. The zero-order valence-electron chi connectivity index (χ0n) is 16.2. The van der Waals surface area contributed by atoms with Crippen LogP contribution in [0.5, 0.6) is 0 Å². The molecule has 0 aliphatic rings. The van der Waals surface area contributed by atoms with E-state index in [-0.39, 0.29) is 30.0 Å². The SMILES string of the molecule is CCCN(C(=O)Cc1csc(NC(=O)c2ccco2)n1)C(C)c1ccccc1Br. The van der Waals surface area contributed by atoms with Crippen molar-refractivity contribution >= 4 is 44.2 Å². The highest BCUT2D eigenvalue weighted by atomic mass is 79.9. The maximum atomic E-state index is 13.0. The Kier molecular flexibility index (Phi) is 7.22. The predicted molar refractivity (Wildman–Crippen MR) is 117 cm³/mol. The van der Waals surface area contributed by atoms with Gasteiger partial charge in [-0.3, -0.25) is 14.9 Å². The van der Waals surface area contributed by atoms with Gasteiger partial charge >= 0.3 is 0 Å². The second-order valence-electron chi connectivity index (χ2n) is 6.54. The summed E-state index contributed by atoms with van der Waals surface area (Å²) in [5.74, 6) is -0.143. The average molecular weight is 476 g/mol. The number of carbonyl (C=O) groups is 2. The molecule has 29 heavy (non-hydrogen) atoms. The molecule has 3 aromatic rings. The monoisotopic (exact) mass is 475 g/mol. The van der Waals surface area contributed by atoms with Crippen LogP contribution in [0, 0.1) is 0 Å². The molecule has 0 aliphatic carbocycles. The van der Waals surface area contributed by atoms with E-state index in [0.717, 1.165) is 16.5 Å². The smallest absolute Gasteiger partial charge is 0.293 e. The van der Waals surface area contributed by atoms with Crippen molar-refractivity contribution < 1.29 is 14.0 Å². The van der Waals surface area contributed by atoms with Gasteiger partial charge in [0.15, 0.2) is 10.9 Å². The normalized spacial score (nSPS) is 11.8. The fourth-order valence-electron chi connectivity index (χ4n) is 3.03. The number of furan rings is 1. The molecule has 0 fully saturated rings. The van der Waals surface area contributed by atoms with Gasteiger partial charge in [-0.1, -0.05) is 41.1 Å². The summed E-state index contributed by atoms with van der Waals surface area (Å²) in [7, 11) is 0. The molecule has 0 bridgehead atoms. The van der Waals surface area contributed by atoms with Crippen molar-refractivity contribution in [1.29, 1.82) is 0 Å². The summed E-state index contributed by atoms with van der Waals surface area (Å²) in [6.45, 7) is 4.75. The number of thiazole rings is 1. The van der Waals surface area contributed by atoms with Crippen molar-refractivity contribution in [1.82, 2.24) is 9.88 Å². The standard InChI is InChI=1S/C21H22BrN3O3S/c1-3-10-25(14(2)16-7-4-5-8-17(16)22)19(26)12-15-13-29-21(23-15)24-20(27)18-9-6-11-28-18/h4-9,11,13-14H,3,10,12H2,1-2H3,(H,23,24,27). The molecular weight excluding hydrogens is 454 g/mol. The van der Waals surface area contributed by atoms with Gasteiger partial charge in [-0.05, 0) is 37.1 Å². The Morgan fingerprint density at radius 3 is 2.76 bits per heavy atom. The first-order valence-electron chi connectivity index (χ1n) is 9.32. The Balaban J connectivity index is 1.68. The van der Waals surface area contributed by atoms with Crippen LogP contribution in [0.15, 0.2) is 56.9 Å². The average Bonchev–Trinajstić information content (AvgIpc) is 3.38. The molecule has 1 N–H and O–H groups in total. The molecular formula is C21H22BrN3O3S. The summed E-state index contributed by atoms with van der Waals surface area (Å²) in [5.41, 5.74) is 1.70. The van der Waals surface area contributed by atoms with Crippen molar-refractivity contribution in [3.8, 4) is 0 Å². The van der Waals surface area contributed by atoms with E-state index in [1.165, 1.54) is 17.6 Å². The van der Waals surface area contributed by atoms with E-state index >= 15 is 0 Å². The van der Waals surface area contributed by atoms with Gasteiger partial charge in [0.25, 0.3) is 5.91 Å². The second kappa shape index (κ2) is 9.84. The van der Waals surface area contributed by atoms with Gasteiger partial charge in [0.1, 0.15) is 0 Å². The van der Waals surface area contributed by atoms with E-state index in [9.17, 15) is 9.59 Å². The highest BCUT2D eigenvalue weighted by Crippen LogP contribution is 2.28. The van der Waals surface area contributed by atoms with Crippen LogP contribution in [0.3, 0.4) is 0 Å². The first-order valence-corrected chi connectivity index (χ1v) is 11.0. The third kappa shape index (κ3) is 5.33. The predicted octanol–water partition coefficient (Wildman–Crippen LogP) is 5.29. The summed E-state index contributed by atoms with van der Waals surface area (Å²) in [6, 6.07) is 11.1. The number of carbonyl (C=O) groups excluding carboxylic acids is 2. The minimum Gasteiger partial charge on any atom is -0.459 e. The summed E-state index contributed by atoms with van der Waals surface area (Å²) in [5, 5.41) is 4.93. The van der Waals surface area contributed by atoms with E-state index in [2.05, 4.69) is 33.2 Å². The number of halogens is 1. The third-order valence-electron chi connectivity index (χ3n) is 4.46. The first-order chi connectivity index (χ1) is 14.0. The number of hydrogen-bond acceptors (Lipinski definition) is 5. The van der Waals surface area contributed by atoms with Gasteiger partial charge in [-0.15, -0.1) is 11.3 Å². The number of nitrogens with zero attached hydrogens (tertiary/aromatic N) is 2. The molecule has 1 aromatic carbocycles. The molecule has 8 heteroatoms. The van der Waals surface area contributed by atoms with Crippen LogP contribution < -0.4 is 5.32 Å². The highest BCUT2D eigenvalue weighted by molar-refractivity contribution is 9.10. The Labute approximate surface area is 182 Å². The maximum Gasteiger partial charge on any atom is 0.293 e. The van der Waals surface area contributed by atoms with Gasteiger partial charge in [0.05, 0.1) is 24.4 Å². The summed E-state index contributed by atoms with van der Waals surface area (Å²) in [4.78, 5) is 31.3. The molecule has 0 saturated carbocycles. The van der Waals surface area contributed by atoms with Crippen molar-refractivity contribution in [2.24, 2.45) is 0 Å². The Hall–Kier alpha value is -2.45. The quantitative estimate of drug-likeness (QED) is 0.479. The minimum atomic E-state index is -0.364. The molecule has 2 heterocycles. The molecule has 0 radical (unpaired) electrons. The maximum absolute atomic E-state index is 13.0. The fraction of sp³-hybridized carbons (Fsp3) is 0.286. The van der Waals surface area contributed by atoms with Crippen LogP contribution in [-0.4, -0.2) is 28.2 Å². The lowest BCUT2D eigenvalue weighted by molar-refractivity contribution is -0.132.